The highest BCUT2D eigenvalue weighted by Crippen LogP contribution is 2.60. The van der Waals surface area contributed by atoms with Gasteiger partial charge in [0.2, 0.25) is 0 Å². The predicted molar refractivity (Wildman–Crippen MR) is 149 cm³/mol. The van der Waals surface area contributed by atoms with Gasteiger partial charge < -0.3 is 24.3 Å². The number of hydrogen-bond donors (Lipinski definition) is 4. The molecule has 4 N–H and O–H groups in total. The molecule has 0 amide bonds. The molecule has 0 spiro atoms. The Hall–Kier alpha value is -1.55. The van der Waals surface area contributed by atoms with Crippen LogP contribution in [0.1, 0.15) is 36.5 Å². The number of benzene rings is 3. The van der Waals surface area contributed by atoms with Crippen molar-refractivity contribution in [1.82, 2.24) is 0 Å². The van der Waals surface area contributed by atoms with E-state index in [1.165, 1.54) is 30.0 Å². The van der Waals surface area contributed by atoms with E-state index in [4.69, 9.17) is 14.5 Å². The van der Waals surface area contributed by atoms with Crippen LogP contribution in [0.3, 0.4) is 0 Å². The highest BCUT2D eigenvalue weighted by molar-refractivity contribution is 9.10. The number of ether oxygens (including phenoxy) is 1. The van der Waals surface area contributed by atoms with Crippen molar-refractivity contribution in [3.63, 3.8) is 0 Å². The Balaban J connectivity index is 1.66. The number of alkyl halides is 2. The van der Waals surface area contributed by atoms with Gasteiger partial charge in [-0.3, -0.25) is 9.13 Å². The summed E-state index contributed by atoms with van der Waals surface area (Å²) in [7, 11) is -10.2. The minimum Gasteiger partial charge on any atom is -0.493 e. The third-order valence-corrected chi connectivity index (χ3v) is 9.26. The van der Waals surface area contributed by atoms with Gasteiger partial charge in [0, 0.05) is 21.5 Å². The molecule has 0 fully saturated rings. The second-order valence-corrected chi connectivity index (χ2v) is 13.6. The topological polar surface area (TPSA) is 124 Å². The minimum absolute atomic E-state index is 0.0789. The molecule has 0 aliphatic heterocycles. The lowest BCUT2D eigenvalue weighted by molar-refractivity contribution is 0.0557. The van der Waals surface area contributed by atoms with Crippen molar-refractivity contribution in [3.05, 3.63) is 81.8 Å². The molecule has 0 aliphatic carbocycles. The van der Waals surface area contributed by atoms with Crippen molar-refractivity contribution in [3.8, 4) is 16.9 Å². The van der Waals surface area contributed by atoms with Crippen LogP contribution in [0.4, 0.5) is 8.78 Å². The average molecular weight is 651 g/mol. The van der Waals surface area contributed by atoms with Gasteiger partial charge in [0.05, 0.1) is 6.61 Å². The monoisotopic (exact) mass is 650 g/mol. The van der Waals surface area contributed by atoms with Crippen molar-refractivity contribution in [2.75, 3.05) is 6.61 Å². The molecule has 0 aliphatic rings. The molecule has 0 heterocycles. The smallest absolute Gasteiger partial charge is 0.399 e. The van der Waals surface area contributed by atoms with Gasteiger partial charge in [0.25, 0.3) is 0 Å². The molecule has 0 bridgehead atoms. The molecule has 13 heteroatoms. The fourth-order valence-corrected chi connectivity index (χ4v) is 6.52. The summed E-state index contributed by atoms with van der Waals surface area (Å²) in [5.74, 6) is 1.26. The molecule has 38 heavy (non-hydrogen) atoms. The lowest BCUT2D eigenvalue weighted by Gasteiger charge is -2.19. The highest BCUT2D eigenvalue weighted by Gasteiger charge is 2.51. The molecule has 0 saturated heterocycles. The lowest BCUT2D eigenvalue weighted by atomic mass is 10.0. The van der Waals surface area contributed by atoms with Gasteiger partial charge in [-0.25, -0.2) is 0 Å². The van der Waals surface area contributed by atoms with Crippen LogP contribution < -0.4 is 10.0 Å². The summed E-state index contributed by atoms with van der Waals surface area (Å²) in [6, 6.07) is 16.1. The van der Waals surface area contributed by atoms with Crippen LogP contribution in [0.2, 0.25) is 0 Å². The van der Waals surface area contributed by atoms with E-state index < -0.39 is 26.4 Å². The summed E-state index contributed by atoms with van der Waals surface area (Å²) in [5, 5.41) is -0.151. The quantitative estimate of drug-likeness (QED) is 0.125. The van der Waals surface area contributed by atoms with Crippen LogP contribution in [0.25, 0.3) is 11.1 Å². The Morgan fingerprint density at radius 2 is 1.50 bits per heavy atom. The molecule has 3 aromatic rings. The Bertz CT molecular complexity index is 1360. The summed E-state index contributed by atoms with van der Waals surface area (Å²) < 4.78 is 56.7. The normalized spacial score (nSPS) is 12.5. The second-order valence-electron chi connectivity index (χ2n) is 8.52. The highest BCUT2D eigenvalue weighted by atomic mass is 79.9. The first kappa shape index (κ1) is 31.0. The molecular formula is C25H27BrF2O7P2S. The van der Waals surface area contributed by atoms with Crippen molar-refractivity contribution < 1.29 is 42.2 Å². The van der Waals surface area contributed by atoms with Gasteiger partial charge in [-0.15, -0.1) is 0 Å². The second kappa shape index (κ2) is 12.7. The molecule has 206 valence electrons. The molecule has 0 radical (unpaired) electrons. The zero-order valence-corrected chi connectivity index (χ0v) is 24.5. The van der Waals surface area contributed by atoms with Gasteiger partial charge >= 0.3 is 20.9 Å². The fraction of sp³-hybridized carbons (Fsp3) is 0.280. The van der Waals surface area contributed by atoms with E-state index in [0.29, 0.717) is 29.2 Å². The summed E-state index contributed by atoms with van der Waals surface area (Å²) in [5.41, 5.74) is -1.94. The van der Waals surface area contributed by atoms with Gasteiger partial charge in [-0.05, 0) is 46.9 Å². The number of rotatable bonds is 12. The van der Waals surface area contributed by atoms with E-state index >= 15 is 0 Å². The number of hydrogen-bond acceptors (Lipinski definition) is 4. The largest absolute Gasteiger partial charge is 0.493 e. The van der Waals surface area contributed by atoms with Crippen LogP contribution >= 0.6 is 42.9 Å². The van der Waals surface area contributed by atoms with Crippen LogP contribution in [0, 0.1) is 0 Å². The van der Waals surface area contributed by atoms with E-state index in [-0.39, 0.29) is 15.5 Å². The Morgan fingerprint density at radius 1 is 0.895 bits per heavy atom. The van der Waals surface area contributed by atoms with Crippen LogP contribution in [-0.4, -0.2) is 26.2 Å². The predicted octanol–water partition coefficient (Wildman–Crippen LogP) is 6.76. The summed E-state index contributed by atoms with van der Waals surface area (Å²) in [6.45, 7) is 2.37. The first-order valence-corrected chi connectivity index (χ1v) is 16.6. The molecule has 3 aromatic carbocycles. The van der Waals surface area contributed by atoms with Crippen molar-refractivity contribution in [1.29, 1.82) is 0 Å². The van der Waals surface area contributed by atoms with E-state index in [0.717, 1.165) is 30.0 Å². The Kier molecular flexibility index (Phi) is 10.4. The molecule has 0 atom stereocenters. The standard InChI is InChI=1S/C25H27BrF2O7P2S/c1-2-3-12-35-23-11-9-20(14-24(23)36(29,30)31)19-7-4-17(5-8-19)15-38-16-18-6-10-21(22(26)13-18)25(27,28)37(32,33)34/h4-11,13-14H,2-3,12,15-16H2,1H3,(H2,29,30,31)(H2,32,33,34). The van der Waals surface area contributed by atoms with Crippen molar-refractivity contribution in [2.24, 2.45) is 0 Å². The summed E-state index contributed by atoms with van der Waals surface area (Å²) in [4.78, 5) is 37.5. The van der Waals surface area contributed by atoms with Gasteiger partial charge in [-0.2, -0.15) is 20.5 Å². The molecule has 0 saturated carbocycles. The number of halogens is 3. The third kappa shape index (κ3) is 7.77. The molecule has 3 rings (SSSR count). The maximum Gasteiger partial charge on any atom is 0.399 e. The van der Waals surface area contributed by atoms with Crippen molar-refractivity contribution >= 4 is 48.2 Å². The zero-order valence-electron chi connectivity index (χ0n) is 20.3. The molecular weight excluding hydrogens is 624 g/mol. The van der Waals surface area contributed by atoms with Gasteiger partial charge in [-0.1, -0.05) is 71.7 Å². The van der Waals surface area contributed by atoms with E-state index in [1.807, 2.05) is 31.2 Å². The fourth-order valence-electron chi connectivity index (χ4n) is 3.50. The first-order valence-electron chi connectivity index (χ1n) is 11.5. The summed E-state index contributed by atoms with van der Waals surface area (Å²) >= 11 is 4.51. The minimum atomic E-state index is -5.65. The number of unbranched alkanes of at least 4 members (excludes halogenated alkanes) is 1. The van der Waals surface area contributed by atoms with Gasteiger partial charge in [0.15, 0.2) is 0 Å². The zero-order chi connectivity index (χ0) is 28.1. The van der Waals surface area contributed by atoms with Crippen LogP contribution in [0.5, 0.6) is 5.75 Å². The van der Waals surface area contributed by atoms with Crippen LogP contribution in [-0.2, 0) is 26.3 Å². The molecule has 0 aromatic heterocycles. The Labute approximate surface area is 232 Å². The lowest BCUT2D eigenvalue weighted by Crippen LogP contribution is -2.14. The Morgan fingerprint density at radius 3 is 2.08 bits per heavy atom. The average Bonchev–Trinajstić information content (AvgIpc) is 2.83. The maximum absolute atomic E-state index is 14.0. The maximum atomic E-state index is 14.0. The SMILES string of the molecule is CCCCOc1ccc(-c2ccc(CSCc3ccc(C(F)(F)P(=O)(O)O)c(Br)c3)cc2)cc1P(=O)(O)O. The van der Waals surface area contributed by atoms with E-state index in [9.17, 15) is 27.7 Å². The first-order chi connectivity index (χ1) is 17.7. The van der Waals surface area contributed by atoms with E-state index in [1.54, 1.807) is 12.1 Å². The number of thioether (sulfide) groups is 1. The van der Waals surface area contributed by atoms with Gasteiger partial charge in [0.1, 0.15) is 11.1 Å². The van der Waals surface area contributed by atoms with E-state index in [2.05, 4.69) is 15.9 Å². The van der Waals surface area contributed by atoms with Crippen molar-refractivity contribution in [2.45, 2.75) is 36.9 Å². The summed E-state index contributed by atoms with van der Waals surface area (Å²) in [6.07, 6.45) is 1.67. The van der Waals surface area contributed by atoms with Crippen LogP contribution in [0.15, 0.2) is 65.1 Å². The molecule has 0 unspecified atom stereocenters. The molecule has 7 nitrogen and oxygen atoms in total. The third-order valence-electron chi connectivity index (χ3n) is 5.58.